The highest BCUT2D eigenvalue weighted by atomic mass is 16.5. The predicted molar refractivity (Wildman–Crippen MR) is 67.2 cm³/mol. The summed E-state index contributed by atoms with van der Waals surface area (Å²) in [6.45, 7) is 4.40. The topological polar surface area (TPSA) is 12.5 Å². The van der Waals surface area contributed by atoms with Gasteiger partial charge in [0, 0.05) is 13.7 Å². The molecule has 1 heterocycles. The summed E-state index contributed by atoms with van der Waals surface area (Å²) in [5.74, 6) is 0.795. The summed E-state index contributed by atoms with van der Waals surface area (Å²) in [5.41, 5.74) is 1.56. The van der Waals surface area contributed by atoms with Gasteiger partial charge in [-0.2, -0.15) is 0 Å². The molecule has 1 fully saturated rings. The monoisotopic (exact) mass is 220 g/mol. The zero-order chi connectivity index (χ0) is 11.2. The van der Waals surface area contributed by atoms with Crippen LogP contribution in [-0.2, 0) is 4.74 Å². The number of nitrogens with zero attached hydrogens (tertiary/aromatic N) is 1. The van der Waals surface area contributed by atoms with E-state index in [0.29, 0.717) is 0 Å². The third-order valence-corrected chi connectivity index (χ3v) is 3.59. The predicted octanol–water partition coefficient (Wildman–Crippen LogP) is 2.44. The molecule has 89 valence electrons. The van der Waals surface area contributed by atoms with E-state index in [-0.39, 0.29) is 0 Å². The summed E-state index contributed by atoms with van der Waals surface area (Å²) >= 11 is 0. The average molecular weight is 220 g/mol. The first kappa shape index (κ1) is 11.9. The molecule has 0 amide bonds. The summed E-state index contributed by atoms with van der Waals surface area (Å²) in [6.07, 6.45) is 12.8. The minimum atomic E-state index is 0.795. The van der Waals surface area contributed by atoms with Crippen LogP contribution in [0, 0.1) is 12.3 Å². The van der Waals surface area contributed by atoms with E-state index >= 15 is 0 Å². The molecule has 0 unspecified atom stereocenters. The Morgan fingerprint density at radius 2 is 2.19 bits per heavy atom. The lowest BCUT2D eigenvalue weighted by Crippen LogP contribution is -2.36. The molecule has 0 N–H and O–H groups in total. The van der Waals surface area contributed by atoms with Crippen molar-refractivity contribution in [1.29, 1.82) is 0 Å². The molecule has 0 saturated carbocycles. The minimum Gasteiger partial charge on any atom is -0.383 e. The first-order valence-corrected chi connectivity index (χ1v) is 6.31. The Balaban J connectivity index is 1.76. The van der Waals surface area contributed by atoms with Gasteiger partial charge in [-0.3, -0.25) is 0 Å². The van der Waals surface area contributed by atoms with Crippen molar-refractivity contribution in [2.75, 3.05) is 33.4 Å². The molecule has 1 aliphatic heterocycles. The fraction of sp³-hybridized carbons (Fsp3) is 0.643. The van der Waals surface area contributed by atoms with Crippen LogP contribution in [0.5, 0.6) is 0 Å². The maximum Gasteiger partial charge on any atom is 0.0589 e. The lowest BCUT2D eigenvalue weighted by Gasteiger charge is -2.32. The van der Waals surface area contributed by atoms with Crippen molar-refractivity contribution < 1.29 is 4.74 Å². The number of methoxy groups -OCH3 is 1. The van der Waals surface area contributed by atoms with Crippen molar-refractivity contribution in [3.8, 4) is 0 Å². The molecule has 0 aromatic carbocycles. The molecule has 2 nitrogen and oxygen atoms in total. The smallest absolute Gasteiger partial charge is 0.0589 e. The van der Waals surface area contributed by atoms with Gasteiger partial charge in [0.1, 0.15) is 0 Å². The molecule has 0 spiro atoms. The van der Waals surface area contributed by atoms with E-state index in [9.17, 15) is 0 Å². The van der Waals surface area contributed by atoms with Crippen LogP contribution in [-0.4, -0.2) is 38.3 Å². The van der Waals surface area contributed by atoms with Crippen LogP contribution < -0.4 is 0 Å². The first-order valence-electron chi connectivity index (χ1n) is 6.31. The summed E-state index contributed by atoms with van der Waals surface area (Å²) in [4.78, 5) is 2.51. The quantitative estimate of drug-likeness (QED) is 0.721. The lowest BCUT2D eigenvalue weighted by atomic mass is 9.86. The number of piperidine rings is 1. The van der Waals surface area contributed by atoms with Crippen molar-refractivity contribution in [3.63, 3.8) is 0 Å². The summed E-state index contributed by atoms with van der Waals surface area (Å²) in [6, 6.07) is 0. The van der Waals surface area contributed by atoms with E-state index in [0.717, 1.165) is 25.5 Å². The molecule has 0 aromatic rings. The molecule has 0 atom stereocenters. The van der Waals surface area contributed by atoms with Crippen LogP contribution in [0.1, 0.15) is 19.3 Å². The highest BCUT2D eigenvalue weighted by Crippen LogP contribution is 2.27. The van der Waals surface area contributed by atoms with Crippen LogP contribution in [0.15, 0.2) is 23.8 Å². The second kappa shape index (κ2) is 6.21. The van der Waals surface area contributed by atoms with Crippen LogP contribution in [0.25, 0.3) is 0 Å². The third kappa shape index (κ3) is 3.19. The van der Waals surface area contributed by atoms with Crippen LogP contribution >= 0.6 is 0 Å². The van der Waals surface area contributed by atoms with E-state index in [1.807, 2.05) is 0 Å². The summed E-state index contributed by atoms with van der Waals surface area (Å²) < 4.78 is 5.12. The minimum absolute atomic E-state index is 0.795. The maximum absolute atomic E-state index is 5.12. The third-order valence-electron chi connectivity index (χ3n) is 3.59. The van der Waals surface area contributed by atoms with Crippen LogP contribution in [0.3, 0.4) is 0 Å². The zero-order valence-corrected chi connectivity index (χ0v) is 10.2. The van der Waals surface area contributed by atoms with E-state index < -0.39 is 0 Å². The van der Waals surface area contributed by atoms with E-state index in [1.165, 1.54) is 25.9 Å². The Kier molecular flexibility index (Phi) is 4.61. The SMILES string of the molecule is COCCN1CCC(C2=CC[CH]C=C2)CC1. The largest absolute Gasteiger partial charge is 0.383 e. The molecule has 0 bridgehead atoms. The fourth-order valence-corrected chi connectivity index (χ4v) is 2.54. The second-order valence-electron chi connectivity index (χ2n) is 4.64. The van der Waals surface area contributed by atoms with Gasteiger partial charge in [-0.1, -0.05) is 18.2 Å². The van der Waals surface area contributed by atoms with Crippen LogP contribution in [0.4, 0.5) is 0 Å². The van der Waals surface area contributed by atoms with Gasteiger partial charge in [0.05, 0.1) is 6.61 Å². The van der Waals surface area contributed by atoms with Crippen molar-refractivity contribution in [2.24, 2.45) is 5.92 Å². The van der Waals surface area contributed by atoms with Gasteiger partial charge in [0.2, 0.25) is 0 Å². The molecule has 0 aromatic heterocycles. The number of ether oxygens (including phenoxy) is 1. The van der Waals surface area contributed by atoms with Gasteiger partial charge >= 0.3 is 0 Å². The lowest BCUT2D eigenvalue weighted by molar-refractivity contribution is 0.126. The molecule has 1 aliphatic carbocycles. The van der Waals surface area contributed by atoms with E-state index in [1.54, 1.807) is 12.7 Å². The number of likely N-dealkylation sites (tertiary alicyclic amines) is 1. The number of allylic oxidation sites excluding steroid dienone is 4. The molecular formula is C14H22NO. The Morgan fingerprint density at radius 1 is 1.38 bits per heavy atom. The Hall–Kier alpha value is -0.600. The number of hydrogen-bond acceptors (Lipinski definition) is 2. The number of hydrogen-bond donors (Lipinski definition) is 0. The molecular weight excluding hydrogens is 198 g/mol. The highest BCUT2D eigenvalue weighted by Gasteiger charge is 2.21. The van der Waals surface area contributed by atoms with Crippen molar-refractivity contribution >= 4 is 0 Å². The fourth-order valence-electron chi connectivity index (χ4n) is 2.54. The maximum atomic E-state index is 5.12. The molecule has 2 rings (SSSR count). The van der Waals surface area contributed by atoms with Gasteiger partial charge in [-0.05, 0) is 50.3 Å². The summed E-state index contributed by atoms with van der Waals surface area (Å²) in [7, 11) is 1.78. The molecule has 16 heavy (non-hydrogen) atoms. The van der Waals surface area contributed by atoms with Crippen LogP contribution in [0.2, 0.25) is 0 Å². The van der Waals surface area contributed by atoms with Gasteiger partial charge in [-0.15, -0.1) is 0 Å². The molecule has 2 heteroatoms. The van der Waals surface area contributed by atoms with E-state index in [2.05, 4.69) is 29.5 Å². The average Bonchev–Trinajstić information content (AvgIpc) is 2.38. The Morgan fingerprint density at radius 3 is 2.81 bits per heavy atom. The van der Waals surface area contributed by atoms with Gasteiger partial charge in [0.25, 0.3) is 0 Å². The van der Waals surface area contributed by atoms with Crippen molar-refractivity contribution in [1.82, 2.24) is 4.90 Å². The highest BCUT2D eigenvalue weighted by molar-refractivity contribution is 5.28. The summed E-state index contributed by atoms with van der Waals surface area (Å²) in [5, 5.41) is 0. The van der Waals surface area contributed by atoms with Gasteiger partial charge in [-0.25, -0.2) is 0 Å². The zero-order valence-electron chi connectivity index (χ0n) is 10.2. The molecule has 2 aliphatic rings. The van der Waals surface area contributed by atoms with Crippen molar-refractivity contribution in [2.45, 2.75) is 19.3 Å². The van der Waals surface area contributed by atoms with Crippen molar-refractivity contribution in [3.05, 3.63) is 30.2 Å². The second-order valence-corrected chi connectivity index (χ2v) is 4.64. The van der Waals surface area contributed by atoms with Gasteiger partial charge < -0.3 is 9.64 Å². The Bertz CT molecular complexity index is 262. The Labute approximate surface area is 99.0 Å². The first-order chi connectivity index (χ1) is 7.90. The molecule has 1 radical (unpaired) electrons. The molecule has 1 saturated heterocycles. The normalized spacial score (nSPS) is 23.4. The number of rotatable bonds is 4. The van der Waals surface area contributed by atoms with Gasteiger partial charge in [0.15, 0.2) is 0 Å². The standard InChI is InChI=1S/C14H22NO/c1-16-12-11-15-9-7-14(8-10-15)13-5-3-2-4-6-13/h2-3,5-6,14H,4,7-12H2,1H3. The van der Waals surface area contributed by atoms with E-state index in [4.69, 9.17) is 4.74 Å².